The SMILES string of the molecule is Cc1c(C(=O)NC(C)c2cccc3ccccc23)cccc1[N+](=O)[O-]. The molecule has 0 bridgehead atoms. The summed E-state index contributed by atoms with van der Waals surface area (Å²) in [5, 5.41) is 16.2. The molecule has 1 atom stereocenters. The first-order chi connectivity index (χ1) is 12.0. The van der Waals surface area contributed by atoms with Gasteiger partial charge in [0.25, 0.3) is 11.6 Å². The van der Waals surface area contributed by atoms with Crippen LogP contribution in [0.25, 0.3) is 10.8 Å². The second kappa shape index (κ2) is 6.73. The zero-order valence-corrected chi connectivity index (χ0v) is 14.0. The largest absolute Gasteiger partial charge is 0.345 e. The van der Waals surface area contributed by atoms with E-state index >= 15 is 0 Å². The number of nitro groups is 1. The maximum absolute atomic E-state index is 12.6. The molecular formula is C20H18N2O3. The lowest BCUT2D eigenvalue weighted by Gasteiger charge is -2.17. The maximum atomic E-state index is 12.6. The van der Waals surface area contributed by atoms with Gasteiger partial charge in [-0.1, -0.05) is 48.5 Å². The van der Waals surface area contributed by atoms with Crippen LogP contribution in [0, 0.1) is 17.0 Å². The van der Waals surface area contributed by atoms with E-state index in [0.29, 0.717) is 11.1 Å². The third kappa shape index (κ3) is 3.21. The number of hydrogen-bond donors (Lipinski definition) is 1. The number of nitrogens with one attached hydrogen (secondary N) is 1. The van der Waals surface area contributed by atoms with Crippen molar-refractivity contribution >= 4 is 22.4 Å². The molecule has 25 heavy (non-hydrogen) atoms. The van der Waals surface area contributed by atoms with E-state index in [1.54, 1.807) is 13.0 Å². The Labute approximate surface area is 145 Å². The summed E-state index contributed by atoms with van der Waals surface area (Å²) in [7, 11) is 0. The Bertz CT molecular complexity index is 961. The third-order valence-corrected chi connectivity index (χ3v) is 4.38. The van der Waals surface area contributed by atoms with Crippen molar-refractivity contribution < 1.29 is 9.72 Å². The van der Waals surface area contributed by atoms with Crippen LogP contribution in [0.3, 0.4) is 0 Å². The maximum Gasteiger partial charge on any atom is 0.273 e. The molecule has 0 fully saturated rings. The Hall–Kier alpha value is -3.21. The summed E-state index contributed by atoms with van der Waals surface area (Å²) < 4.78 is 0. The minimum Gasteiger partial charge on any atom is -0.345 e. The Balaban J connectivity index is 1.91. The second-order valence-corrected chi connectivity index (χ2v) is 5.97. The molecule has 3 aromatic carbocycles. The first-order valence-electron chi connectivity index (χ1n) is 8.01. The van der Waals surface area contributed by atoms with Crippen molar-refractivity contribution in [2.75, 3.05) is 0 Å². The monoisotopic (exact) mass is 334 g/mol. The van der Waals surface area contributed by atoms with Gasteiger partial charge in [0.15, 0.2) is 0 Å². The molecule has 126 valence electrons. The number of carbonyl (C=O) groups is 1. The normalized spacial score (nSPS) is 11.9. The molecule has 1 amide bonds. The number of fused-ring (bicyclic) bond motifs is 1. The first kappa shape index (κ1) is 16.6. The molecule has 0 radical (unpaired) electrons. The minimum atomic E-state index is -0.472. The molecule has 0 aromatic heterocycles. The molecule has 5 nitrogen and oxygen atoms in total. The summed E-state index contributed by atoms with van der Waals surface area (Å²) in [5.74, 6) is -0.318. The van der Waals surface area contributed by atoms with E-state index in [9.17, 15) is 14.9 Å². The molecule has 0 spiro atoms. The van der Waals surface area contributed by atoms with Crippen molar-refractivity contribution in [3.8, 4) is 0 Å². The Morgan fingerprint density at radius 2 is 1.72 bits per heavy atom. The van der Waals surface area contributed by atoms with Gasteiger partial charge in [-0.3, -0.25) is 14.9 Å². The summed E-state index contributed by atoms with van der Waals surface area (Å²) in [6.45, 7) is 3.50. The summed E-state index contributed by atoms with van der Waals surface area (Å²) in [5.41, 5.74) is 1.65. The summed E-state index contributed by atoms with van der Waals surface area (Å²) in [6, 6.07) is 18.3. The van der Waals surface area contributed by atoms with Crippen LogP contribution in [0.5, 0.6) is 0 Å². The molecule has 3 aromatic rings. The molecule has 3 rings (SSSR count). The number of nitro benzene ring substituents is 1. The lowest BCUT2D eigenvalue weighted by atomic mass is 9.99. The molecular weight excluding hydrogens is 316 g/mol. The standard InChI is InChI=1S/C20H18N2O3/c1-13-16(10-6-12-19(13)22(24)25)20(23)21-14(2)17-11-5-8-15-7-3-4-9-18(15)17/h3-12,14H,1-2H3,(H,21,23). The average molecular weight is 334 g/mol. The average Bonchev–Trinajstić information content (AvgIpc) is 2.61. The van der Waals surface area contributed by atoms with Gasteiger partial charge >= 0.3 is 0 Å². The Morgan fingerprint density at radius 3 is 2.48 bits per heavy atom. The van der Waals surface area contributed by atoms with Gasteiger partial charge in [0, 0.05) is 17.2 Å². The van der Waals surface area contributed by atoms with Gasteiger partial charge in [0.05, 0.1) is 11.0 Å². The molecule has 5 heteroatoms. The highest BCUT2D eigenvalue weighted by atomic mass is 16.6. The van der Waals surface area contributed by atoms with Crippen molar-refractivity contribution in [2.24, 2.45) is 0 Å². The number of carbonyl (C=O) groups excluding carboxylic acids is 1. The van der Waals surface area contributed by atoms with E-state index in [-0.39, 0.29) is 17.6 Å². The van der Waals surface area contributed by atoms with E-state index in [1.165, 1.54) is 12.1 Å². The molecule has 0 saturated heterocycles. The number of nitrogens with zero attached hydrogens (tertiary/aromatic N) is 1. The van der Waals surface area contributed by atoms with E-state index in [4.69, 9.17) is 0 Å². The zero-order valence-electron chi connectivity index (χ0n) is 14.0. The zero-order chi connectivity index (χ0) is 18.0. The number of amides is 1. The highest BCUT2D eigenvalue weighted by molar-refractivity contribution is 5.97. The Kier molecular flexibility index (Phi) is 4.48. The molecule has 0 aliphatic rings. The minimum absolute atomic E-state index is 0.0505. The van der Waals surface area contributed by atoms with Gasteiger partial charge in [-0.05, 0) is 36.2 Å². The van der Waals surface area contributed by atoms with Gasteiger partial charge in [-0.2, -0.15) is 0 Å². The predicted octanol–water partition coefficient (Wildman–Crippen LogP) is 4.55. The molecule has 1 N–H and O–H groups in total. The van der Waals surface area contributed by atoms with Crippen molar-refractivity contribution in [3.05, 3.63) is 87.5 Å². The van der Waals surface area contributed by atoms with E-state index in [2.05, 4.69) is 5.32 Å². The lowest BCUT2D eigenvalue weighted by molar-refractivity contribution is -0.385. The van der Waals surface area contributed by atoms with Crippen molar-refractivity contribution in [2.45, 2.75) is 19.9 Å². The van der Waals surface area contributed by atoms with Crippen LogP contribution in [0.15, 0.2) is 60.7 Å². The number of hydrogen-bond acceptors (Lipinski definition) is 3. The van der Waals surface area contributed by atoms with Crippen molar-refractivity contribution in [1.82, 2.24) is 5.32 Å². The fraction of sp³-hybridized carbons (Fsp3) is 0.150. The summed E-state index contributed by atoms with van der Waals surface area (Å²) in [6.07, 6.45) is 0. The van der Waals surface area contributed by atoms with Crippen LogP contribution in [-0.4, -0.2) is 10.8 Å². The number of benzene rings is 3. The van der Waals surface area contributed by atoms with Gasteiger partial charge in [0.2, 0.25) is 0 Å². The van der Waals surface area contributed by atoms with Gasteiger partial charge < -0.3 is 5.32 Å². The first-order valence-corrected chi connectivity index (χ1v) is 8.01. The lowest BCUT2D eigenvalue weighted by Crippen LogP contribution is -2.27. The molecule has 0 aliphatic heterocycles. The molecule has 0 heterocycles. The Morgan fingerprint density at radius 1 is 1.04 bits per heavy atom. The van der Waals surface area contributed by atoms with Crippen LogP contribution < -0.4 is 5.32 Å². The van der Waals surface area contributed by atoms with Crippen LogP contribution in [0.1, 0.15) is 34.5 Å². The van der Waals surface area contributed by atoms with Crippen LogP contribution in [-0.2, 0) is 0 Å². The van der Waals surface area contributed by atoms with Gasteiger partial charge in [0.1, 0.15) is 0 Å². The predicted molar refractivity (Wildman–Crippen MR) is 97.7 cm³/mol. The third-order valence-electron chi connectivity index (χ3n) is 4.38. The van der Waals surface area contributed by atoms with E-state index < -0.39 is 4.92 Å². The summed E-state index contributed by atoms with van der Waals surface area (Å²) in [4.78, 5) is 23.2. The van der Waals surface area contributed by atoms with Crippen molar-refractivity contribution in [1.29, 1.82) is 0 Å². The fourth-order valence-corrected chi connectivity index (χ4v) is 3.05. The highest BCUT2D eigenvalue weighted by Gasteiger charge is 2.20. The smallest absolute Gasteiger partial charge is 0.273 e. The highest BCUT2D eigenvalue weighted by Crippen LogP contribution is 2.25. The van der Waals surface area contributed by atoms with E-state index in [1.807, 2.05) is 49.4 Å². The number of rotatable bonds is 4. The second-order valence-electron chi connectivity index (χ2n) is 5.97. The van der Waals surface area contributed by atoms with Gasteiger partial charge in [-0.15, -0.1) is 0 Å². The molecule has 0 aliphatic carbocycles. The van der Waals surface area contributed by atoms with Crippen LogP contribution in [0.2, 0.25) is 0 Å². The topological polar surface area (TPSA) is 72.2 Å². The van der Waals surface area contributed by atoms with E-state index in [0.717, 1.165) is 16.3 Å². The van der Waals surface area contributed by atoms with Crippen LogP contribution >= 0.6 is 0 Å². The fourth-order valence-electron chi connectivity index (χ4n) is 3.05. The molecule has 1 unspecified atom stereocenters. The quantitative estimate of drug-likeness (QED) is 0.562. The molecule has 0 saturated carbocycles. The van der Waals surface area contributed by atoms with Crippen molar-refractivity contribution in [3.63, 3.8) is 0 Å². The van der Waals surface area contributed by atoms with Crippen LogP contribution in [0.4, 0.5) is 5.69 Å². The summed E-state index contributed by atoms with van der Waals surface area (Å²) >= 11 is 0. The van der Waals surface area contributed by atoms with Gasteiger partial charge in [-0.25, -0.2) is 0 Å².